The zero-order chi connectivity index (χ0) is 19.4. The molecule has 0 saturated heterocycles. The van der Waals surface area contributed by atoms with Crippen LogP contribution in [0.15, 0.2) is 59.7 Å². The first-order chi connectivity index (χ1) is 12.9. The Labute approximate surface area is 161 Å². The maximum Gasteiger partial charge on any atom is 0.261 e. The molecule has 0 atom stereocenters. The second kappa shape index (κ2) is 8.06. The first kappa shape index (κ1) is 19.3. The Balaban J connectivity index is 2.06. The van der Waals surface area contributed by atoms with Gasteiger partial charge in [0, 0.05) is 17.9 Å². The summed E-state index contributed by atoms with van der Waals surface area (Å²) in [5, 5.41) is 0.636. The number of aromatic nitrogens is 2. The van der Waals surface area contributed by atoms with Crippen molar-refractivity contribution in [2.75, 3.05) is 11.6 Å². The fraction of sp³-hybridized carbons (Fsp3) is 0.333. The van der Waals surface area contributed by atoms with E-state index in [0.717, 1.165) is 23.3 Å². The summed E-state index contributed by atoms with van der Waals surface area (Å²) < 4.78 is 7.85. The lowest BCUT2D eigenvalue weighted by molar-refractivity contribution is 0.321. The normalized spacial score (nSPS) is 11.7. The predicted octanol–water partition coefficient (Wildman–Crippen LogP) is 4.75. The highest BCUT2D eigenvalue weighted by Crippen LogP contribution is 2.27. The van der Waals surface area contributed by atoms with Crippen molar-refractivity contribution in [2.45, 2.75) is 39.5 Å². The lowest BCUT2D eigenvalue weighted by Gasteiger charge is -2.29. The van der Waals surface area contributed by atoms with Crippen molar-refractivity contribution in [2.24, 2.45) is 0 Å². The Morgan fingerprint density at radius 1 is 1.07 bits per heavy atom. The van der Waals surface area contributed by atoms with Gasteiger partial charge in [-0.3, -0.25) is 9.36 Å². The molecule has 0 spiro atoms. The molecule has 0 bridgehead atoms. The van der Waals surface area contributed by atoms with Crippen LogP contribution in [-0.4, -0.2) is 24.6 Å². The van der Waals surface area contributed by atoms with Gasteiger partial charge in [-0.1, -0.05) is 25.1 Å². The highest BCUT2D eigenvalue weighted by molar-refractivity contribution is 6.69. The molecule has 0 aliphatic carbocycles. The lowest BCUT2D eigenvalue weighted by atomic mass is 10.2. The van der Waals surface area contributed by atoms with Gasteiger partial charge in [0.15, 0.2) is 8.32 Å². The van der Waals surface area contributed by atoms with Crippen molar-refractivity contribution in [3.05, 3.63) is 65.2 Å². The van der Waals surface area contributed by atoms with E-state index in [9.17, 15) is 4.79 Å². The fourth-order valence-electron chi connectivity index (χ4n) is 2.88. The van der Waals surface area contributed by atoms with Crippen molar-refractivity contribution in [1.29, 1.82) is 0 Å². The molecule has 0 unspecified atom stereocenters. The van der Waals surface area contributed by atoms with Gasteiger partial charge < -0.3 is 9.33 Å². The van der Waals surface area contributed by atoms with Crippen LogP contribution >= 0.6 is 0 Å². The van der Waals surface area contributed by atoms with Gasteiger partial charge in [0.05, 0.1) is 17.2 Å². The third-order valence-corrected chi connectivity index (χ3v) is 5.27. The van der Waals surface area contributed by atoms with Crippen LogP contribution in [0.1, 0.15) is 13.3 Å². The molecular weight excluding hydrogens is 354 g/mol. The Morgan fingerprint density at radius 3 is 2.48 bits per heavy atom. The molecule has 0 aliphatic heterocycles. The average molecular weight is 382 g/mol. The van der Waals surface area contributed by atoms with Gasteiger partial charge in [0.25, 0.3) is 5.56 Å². The Morgan fingerprint density at radius 2 is 1.81 bits per heavy atom. The summed E-state index contributed by atoms with van der Waals surface area (Å²) in [7, 11) is -1.69. The number of anilines is 2. The first-order valence-electron chi connectivity index (χ1n) is 9.35. The minimum absolute atomic E-state index is 0.00262. The van der Waals surface area contributed by atoms with Crippen molar-refractivity contribution >= 4 is 30.6 Å². The minimum atomic E-state index is -1.69. The van der Waals surface area contributed by atoms with Crippen LogP contribution in [0.4, 0.5) is 11.4 Å². The van der Waals surface area contributed by atoms with Gasteiger partial charge in [-0.05, 0) is 56.4 Å². The molecule has 142 valence electrons. The number of nitrogens with zero attached hydrogens (tertiary/aromatic N) is 3. The molecule has 1 heterocycles. The number of hydrogen-bond donors (Lipinski definition) is 0. The minimum Gasteiger partial charge on any atom is -0.400 e. The van der Waals surface area contributed by atoms with Gasteiger partial charge in [0.2, 0.25) is 0 Å². The number of hydrogen-bond acceptors (Lipinski definition) is 4. The van der Waals surface area contributed by atoms with E-state index in [0.29, 0.717) is 18.7 Å². The SMILES string of the molecule is CCCn1cnc2ccc(N(CO[Si](C)(C)C)c3ccccc3)cc2c1=O. The maximum absolute atomic E-state index is 12.8. The molecule has 1 aromatic heterocycles. The summed E-state index contributed by atoms with van der Waals surface area (Å²) in [6.45, 7) is 9.69. The topological polar surface area (TPSA) is 47.4 Å². The molecule has 0 saturated carbocycles. The van der Waals surface area contributed by atoms with Crippen LogP contribution < -0.4 is 10.5 Å². The van der Waals surface area contributed by atoms with Gasteiger partial charge in [-0.2, -0.15) is 0 Å². The Bertz CT molecular complexity index is 965. The maximum atomic E-state index is 12.8. The molecule has 3 rings (SSSR count). The van der Waals surface area contributed by atoms with E-state index < -0.39 is 8.32 Å². The fourth-order valence-corrected chi connectivity index (χ4v) is 3.40. The molecule has 5 nitrogen and oxygen atoms in total. The van der Waals surface area contributed by atoms with Gasteiger partial charge >= 0.3 is 0 Å². The number of benzene rings is 2. The molecule has 0 aliphatic rings. The van der Waals surface area contributed by atoms with Crippen LogP contribution in [-0.2, 0) is 11.0 Å². The smallest absolute Gasteiger partial charge is 0.261 e. The van der Waals surface area contributed by atoms with Gasteiger partial charge in [0.1, 0.15) is 6.73 Å². The number of aryl methyl sites for hydroxylation is 1. The van der Waals surface area contributed by atoms with Gasteiger partial charge in [-0.15, -0.1) is 0 Å². The summed E-state index contributed by atoms with van der Waals surface area (Å²) in [6.07, 6.45) is 2.53. The van der Waals surface area contributed by atoms with Gasteiger partial charge in [-0.25, -0.2) is 4.98 Å². The summed E-state index contributed by atoms with van der Waals surface area (Å²) in [5.74, 6) is 0. The second-order valence-corrected chi connectivity index (χ2v) is 12.1. The zero-order valence-corrected chi connectivity index (χ0v) is 17.5. The molecular formula is C21H27N3O2Si. The Kier molecular flexibility index (Phi) is 5.77. The molecule has 3 aromatic rings. The third kappa shape index (κ3) is 4.64. The number of fused-ring (bicyclic) bond motifs is 1. The summed E-state index contributed by atoms with van der Waals surface area (Å²) in [5.41, 5.74) is 2.69. The third-order valence-electron chi connectivity index (χ3n) is 4.28. The molecule has 27 heavy (non-hydrogen) atoms. The molecule has 0 N–H and O–H groups in total. The Hall–Kier alpha value is -2.44. The highest BCUT2D eigenvalue weighted by Gasteiger charge is 2.18. The van der Waals surface area contributed by atoms with E-state index >= 15 is 0 Å². The van der Waals surface area contributed by atoms with Crippen LogP contribution in [0.5, 0.6) is 0 Å². The van der Waals surface area contributed by atoms with E-state index in [-0.39, 0.29) is 5.56 Å². The largest absolute Gasteiger partial charge is 0.400 e. The molecule has 6 heteroatoms. The van der Waals surface area contributed by atoms with Crippen molar-refractivity contribution in [3.8, 4) is 0 Å². The van der Waals surface area contributed by atoms with Crippen LogP contribution in [0.2, 0.25) is 19.6 Å². The highest BCUT2D eigenvalue weighted by atomic mass is 28.4. The molecule has 2 aromatic carbocycles. The monoisotopic (exact) mass is 381 g/mol. The summed E-state index contributed by atoms with van der Waals surface area (Å²) in [4.78, 5) is 19.4. The first-order valence-corrected chi connectivity index (χ1v) is 12.8. The second-order valence-electron chi connectivity index (χ2n) is 7.59. The van der Waals surface area contributed by atoms with Crippen molar-refractivity contribution in [3.63, 3.8) is 0 Å². The quantitative estimate of drug-likeness (QED) is 0.437. The number of rotatable bonds is 7. The summed E-state index contributed by atoms with van der Waals surface area (Å²) >= 11 is 0. The lowest BCUT2D eigenvalue weighted by Crippen LogP contribution is -2.32. The van der Waals surface area contributed by atoms with E-state index in [4.69, 9.17) is 4.43 Å². The van der Waals surface area contributed by atoms with E-state index in [1.54, 1.807) is 10.9 Å². The predicted molar refractivity (Wildman–Crippen MR) is 114 cm³/mol. The summed E-state index contributed by atoms with van der Waals surface area (Å²) in [6, 6.07) is 16.0. The molecule has 0 amide bonds. The van der Waals surface area contributed by atoms with E-state index in [2.05, 4.69) is 48.6 Å². The van der Waals surface area contributed by atoms with Crippen molar-refractivity contribution in [1.82, 2.24) is 9.55 Å². The van der Waals surface area contributed by atoms with Crippen LogP contribution in [0.25, 0.3) is 10.9 Å². The zero-order valence-electron chi connectivity index (χ0n) is 16.5. The van der Waals surface area contributed by atoms with Crippen LogP contribution in [0.3, 0.4) is 0 Å². The number of para-hydroxylation sites is 1. The van der Waals surface area contributed by atoms with Crippen molar-refractivity contribution < 1.29 is 4.43 Å². The van der Waals surface area contributed by atoms with E-state index in [1.807, 2.05) is 36.4 Å². The molecule has 0 radical (unpaired) electrons. The average Bonchev–Trinajstić information content (AvgIpc) is 2.64. The van der Waals surface area contributed by atoms with Crippen LogP contribution in [0, 0.1) is 0 Å². The standard InChI is InChI=1S/C21H27N3O2Si/c1-5-13-23-15-22-20-12-11-18(14-19(20)21(23)25)24(16-26-27(2,3)4)17-9-7-6-8-10-17/h6-12,14-15H,5,13,16H2,1-4H3. The molecule has 0 fully saturated rings. The van der Waals surface area contributed by atoms with E-state index in [1.165, 1.54) is 0 Å².